The topological polar surface area (TPSA) is 58.6 Å². The van der Waals surface area contributed by atoms with Crippen LogP contribution < -0.4 is 10.1 Å². The number of nitrogens with zero attached hydrogens (tertiary/aromatic N) is 1. The highest BCUT2D eigenvalue weighted by Crippen LogP contribution is 2.16. The lowest BCUT2D eigenvalue weighted by molar-refractivity contribution is -0.130. The van der Waals surface area contributed by atoms with E-state index < -0.39 is 0 Å². The van der Waals surface area contributed by atoms with Crippen molar-refractivity contribution in [2.45, 2.75) is 26.7 Å². The number of hydrogen-bond donors (Lipinski definition) is 1. The van der Waals surface area contributed by atoms with E-state index in [4.69, 9.17) is 4.74 Å². The molecule has 116 valence electrons. The van der Waals surface area contributed by atoms with Gasteiger partial charge in [0.15, 0.2) is 0 Å². The normalized spacial score (nSPS) is 10.0. The molecule has 2 amide bonds. The highest BCUT2D eigenvalue weighted by atomic mass is 16.5. The molecule has 0 saturated heterocycles. The van der Waals surface area contributed by atoms with Crippen LogP contribution in [0.2, 0.25) is 0 Å². The number of methoxy groups -OCH3 is 1. The molecule has 0 aliphatic rings. The summed E-state index contributed by atoms with van der Waals surface area (Å²) in [6.45, 7) is 5.51. The molecule has 0 saturated carbocycles. The third-order valence-corrected chi connectivity index (χ3v) is 3.09. The first-order valence-corrected chi connectivity index (χ1v) is 7.33. The Morgan fingerprint density at radius 2 is 1.76 bits per heavy atom. The summed E-state index contributed by atoms with van der Waals surface area (Å²) in [5, 5.41) is 2.66. The minimum atomic E-state index is -0.297. The molecule has 21 heavy (non-hydrogen) atoms. The van der Waals surface area contributed by atoms with E-state index in [2.05, 4.69) is 5.32 Å². The smallest absolute Gasteiger partial charge is 0.255 e. The van der Waals surface area contributed by atoms with E-state index in [1.54, 1.807) is 29.2 Å². The van der Waals surface area contributed by atoms with Crippen LogP contribution in [0.3, 0.4) is 0 Å². The molecule has 0 atom stereocenters. The fraction of sp³-hybridized carbons (Fsp3) is 0.500. The Morgan fingerprint density at radius 3 is 2.33 bits per heavy atom. The van der Waals surface area contributed by atoms with E-state index in [-0.39, 0.29) is 18.4 Å². The van der Waals surface area contributed by atoms with Gasteiger partial charge >= 0.3 is 0 Å². The number of para-hydroxylation sites is 1. The van der Waals surface area contributed by atoms with Crippen LogP contribution in [0.25, 0.3) is 0 Å². The maximum atomic E-state index is 12.1. The van der Waals surface area contributed by atoms with Gasteiger partial charge in [-0.15, -0.1) is 0 Å². The second-order valence-electron chi connectivity index (χ2n) is 4.76. The average molecular weight is 292 g/mol. The van der Waals surface area contributed by atoms with Gasteiger partial charge < -0.3 is 15.0 Å². The molecule has 0 unspecified atom stereocenters. The summed E-state index contributed by atoms with van der Waals surface area (Å²) < 4.78 is 5.14. The minimum absolute atomic E-state index is 0.0108. The van der Waals surface area contributed by atoms with Gasteiger partial charge in [0.25, 0.3) is 5.91 Å². The van der Waals surface area contributed by atoms with E-state index in [9.17, 15) is 9.59 Å². The van der Waals surface area contributed by atoms with Gasteiger partial charge in [0, 0.05) is 13.1 Å². The lowest BCUT2D eigenvalue weighted by Gasteiger charge is -2.21. The van der Waals surface area contributed by atoms with Crippen LogP contribution in [0.1, 0.15) is 37.0 Å². The Morgan fingerprint density at radius 1 is 1.14 bits per heavy atom. The molecule has 0 aromatic heterocycles. The van der Waals surface area contributed by atoms with Crippen molar-refractivity contribution in [2.75, 3.05) is 26.7 Å². The minimum Gasteiger partial charge on any atom is -0.496 e. The number of amides is 2. The van der Waals surface area contributed by atoms with E-state index in [1.807, 2.05) is 13.8 Å². The van der Waals surface area contributed by atoms with Gasteiger partial charge in [-0.05, 0) is 25.0 Å². The molecule has 0 heterocycles. The SMILES string of the molecule is CCCN(CCC)C(=O)CNC(=O)c1ccccc1OC. The molecule has 0 aliphatic heterocycles. The monoisotopic (exact) mass is 292 g/mol. The fourth-order valence-corrected chi connectivity index (χ4v) is 2.10. The third-order valence-electron chi connectivity index (χ3n) is 3.09. The van der Waals surface area contributed by atoms with Crippen molar-refractivity contribution < 1.29 is 14.3 Å². The van der Waals surface area contributed by atoms with Gasteiger partial charge in [-0.1, -0.05) is 26.0 Å². The number of hydrogen-bond acceptors (Lipinski definition) is 3. The maximum absolute atomic E-state index is 12.1. The zero-order chi connectivity index (χ0) is 15.7. The summed E-state index contributed by atoms with van der Waals surface area (Å²) in [6.07, 6.45) is 1.82. The maximum Gasteiger partial charge on any atom is 0.255 e. The lowest BCUT2D eigenvalue weighted by atomic mass is 10.2. The van der Waals surface area contributed by atoms with Crippen molar-refractivity contribution in [3.63, 3.8) is 0 Å². The predicted molar refractivity (Wildman–Crippen MR) is 82.5 cm³/mol. The van der Waals surface area contributed by atoms with E-state index in [0.29, 0.717) is 11.3 Å². The van der Waals surface area contributed by atoms with Gasteiger partial charge in [0.2, 0.25) is 5.91 Å². The molecule has 5 nitrogen and oxygen atoms in total. The van der Waals surface area contributed by atoms with Gasteiger partial charge in [-0.25, -0.2) is 0 Å². The summed E-state index contributed by atoms with van der Waals surface area (Å²) in [6, 6.07) is 6.95. The Kier molecular flexibility index (Phi) is 7.29. The summed E-state index contributed by atoms with van der Waals surface area (Å²) in [7, 11) is 1.52. The van der Waals surface area contributed by atoms with E-state index >= 15 is 0 Å². The van der Waals surface area contributed by atoms with Gasteiger partial charge in [0.1, 0.15) is 5.75 Å². The molecule has 1 rings (SSSR count). The first-order chi connectivity index (χ1) is 10.1. The quantitative estimate of drug-likeness (QED) is 0.798. The zero-order valence-electron chi connectivity index (χ0n) is 13.0. The van der Waals surface area contributed by atoms with Crippen LogP contribution in [0.4, 0.5) is 0 Å². The molecule has 0 radical (unpaired) electrons. The summed E-state index contributed by atoms with van der Waals surface area (Å²) >= 11 is 0. The highest BCUT2D eigenvalue weighted by Gasteiger charge is 2.15. The Bertz CT molecular complexity index is 468. The molecule has 1 N–H and O–H groups in total. The molecule has 0 bridgehead atoms. The Labute approximate surface area is 126 Å². The third kappa shape index (κ3) is 5.10. The van der Waals surface area contributed by atoms with Crippen molar-refractivity contribution in [2.24, 2.45) is 0 Å². The number of rotatable bonds is 8. The van der Waals surface area contributed by atoms with Crippen molar-refractivity contribution in [1.29, 1.82) is 0 Å². The van der Waals surface area contributed by atoms with Crippen molar-refractivity contribution in [1.82, 2.24) is 10.2 Å². The highest BCUT2D eigenvalue weighted by molar-refractivity contribution is 5.98. The summed E-state index contributed by atoms with van der Waals surface area (Å²) in [4.78, 5) is 26.0. The van der Waals surface area contributed by atoms with Crippen molar-refractivity contribution in [3.8, 4) is 5.75 Å². The van der Waals surface area contributed by atoms with Crippen molar-refractivity contribution >= 4 is 11.8 Å². The molecule has 0 aliphatic carbocycles. The van der Waals surface area contributed by atoms with E-state index in [1.165, 1.54) is 7.11 Å². The molecular formula is C16H24N2O3. The predicted octanol–water partition coefficient (Wildman–Crippen LogP) is 2.07. The van der Waals surface area contributed by atoms with Crippen LogP contribution in [-0.4, -0.2) is 43.5 Å². The van der Waals surface area contributed by atoms with Crippen molar-refractivity contribution in [3.05, 3.63) is 29.8 Å². The summed E-state index contributed by atoms with van der Waals surface area (Å²) in [5.74, 6) is 0.150. The van der Waals surface area contributed by atoms with Crippen LogP contribution in [0, 0.1) is 0 Å². The van der Waals surface area contributed by atoms with Crippen LogP contribution in [0.5, 0.6) is 5.75 Å². The van der Waals surface area contributed by atoms with Crippen LogP contribution in [-0.2, 0) is 4.79 Å². The molecular weight excluding hydrogens is 268 g/mol. The van der Waals surface area contributed by atoms with Crippen LogP contribution >= 0.6 is 0 Å². The number of carbonyl (C=O) groups is 2. The number of carbonyl (C=O) groups excluding carboxylic acids is 2. The molecule has 1 aromatic carbocycles. The van der Waals surface area contributed by atoms with Gasteiger partial charge in [-0.3, -0.25) is 9.59 Å². The number of ether oxygens (including phenoxy) is 1. The largest absolute Gasteiger partial charge is 0.496 e. The standard InChI is InChI=1S/C16H24N2O3/c1-4-10-18(11-5-2)15(19)12-17-16(20)13-8-6-7-9-14(13)21-3/h6-9H,4-5,10-12H2,1-3H3,(H,17,20). The molecule has 1 aromatic rings. The number of benzene rings is 1. The fourth-order valence-electron chi connectivity index (χ4n) is 2.10. The lowest BCUT2D eigenvalue weighted by Crippen LogP contribution is -2.41. The number of nitrogens with one attached hydrogen (secondary N) is 1. The molecule has 5 heteroatoms. The van der Waals surface area contributed by atoms with Crippen LogP contribution in [0.15, 0.2) is 24.3 Å². The first-order valence-electron chi connectivity index (χ1n) is 7.33. The van der Waals surface area contributed by atoms with E-state index in [0.717, 1.165) is 25.9 Å². The average Bonchev–Trinajstić information content (AvgIpc) is 2.52. The Hall–Kier alpha value is -2.04. The second-order valence-corrected chi connectivity index (χ2v) is 4.76. The zero-order valence-corrected chi connectivity index (χ0v) is 13.0. The molecule has 0 fully saturated rings. The van der Waals surface area contributed by atoms with Gasteiger partial charge in [0.05, 0.1) is 19.2 Å². The second kappa shape index (κ2) is 9.00. The Balaban J connectivity index is 2.61. The molecule has 0 spiro atoms. The first kappa shape index (κ1) is 17.0. The summed E-state index contributed by atoms with van der Waals surface area (Å²) in [5.41, 5.74) is 0.435. The van der Waals surface area contributed by atoms with Gasteiger partial charge in [-0.2, -0.15) is 0 Å².